The molecule has 0 amide bonds. The molecular formula is C26H32N6. The monoisotopic (exact) mass is 428 g/mol. The summed E-state index contributed by atoms with van der Waals surface area (Å²) >= 11 is 0. The van der Waals surface area contributed by atoms with Crippen LogP contribution in [0.25, 0.3) is 16.6 Å². The molecule has 0 spiro atoms. The van der Waals surface area contributed by atoms with Crippen molar-refractivity contribution in [2.45, 2.75) is 33.7 Å². The fourth-order valence-electron chi connectivity index (χ4n) is 4.51. The van der Waals surface area contributed by atoms with Gasteiger partial charge in [-0.3, -0.25) is 4.99 Å². The van der Waals surface area contributed by atoms with Crippen LogP contribution in [0.1, 0.15) is 50.7 Å². The zero-order valence-electron chi connectivity index (χ0n) is 19.3. The molecule has 0 bridgehead atoms. The van der Waals surface area contributed by atoms with Gasteiger partial charge in [0.2, 0.25) is 0 Å². The topological polar surface area (TPSA) is 77.1 Å². The van der Waals surface area contributed by atoms with Crippen molar-refractivity contribution < 1.29 is 0 Å². The molecule has 2 atom stereocenters. The van der Waals surface area contributed by atoms with Gasteiger partial charge >= 0.3 is 0 Å². The number of allylic oxidation sites excluding steroid dienone is 1. The minimum atomic E-state index is -0.0250. The highest BCUT2D eigenvalue weighted by Gasteiger charge is 2.27. The van der Waals surface area contributed by atoms with Crippen molar-refractivity contribution in [1.29, 1.82) is 0 Å². The predicted octanol–water partition coefficient (Wildman–Crippen LogP) is 4.69. The van der Waals surface area contributed by atoms with E-state index in [1.54, 1.807) is 0 Å². The van der Waals surface area contributed by atoms with E-state index < -0.39 is 0 Å². The number of aromatic nitrogens is 2. The Labute approximate surface area is 189 Å². The lowest BCUT2D eigenvalue weighted by Gasteiger charge is -2.25. The van der Waals surface area contributed by atoms with Gasteiger partial charge in [-0.15, -0.1) is 0 Å². The third-order valence-electron chi connectivity index (χ3n) is 6.34. The number of nitrogens with zero attached hydrogens (tertiary/aromatic N) is 2. The second-order valence-electron chi connectivity index (χ2n) is 10.1. The molecular weight excluding hydrogens is 396 g/mol. The molecule has 4 N–H and O–H groups in total. The van der Waals surface area contributed by atoms with Crippen molar-refractivity contribution in [3.8, 4) is 0 Å². The van der Waals surface area contributed by atoms with E-state index in [1.165, 1.54) is 22.3 Å². The van der Waals surface area contributed by atoms with E-state index in [0.29, 0.717) is 5.92 Å². The molecule has 2 aromatic carbocycles. The zero-order valence-corrected chi connectivity index (χ0v) is 19.3. The lowest BCUT2D eigenvalue weighted by Crippen LogP contribution is -2.33. The third-order valence-corrected chi connectivity index (χ3v) is 6.34. The number of para-hydroxylation sites is 2. The number of benzene rings is 2. The molecule has 6 nitrogen and oxygen atoms in total. The molecule has 32 heavy (non-hydrogen) atoms. The summed E-state index contributed by atoms with van der Waals surface area (Å²) in [6, 6.07) is 14.7. The van der Waals surface area contributed by atoms with Crippen LogP contribution in [0.5, 0.6) is 0 Å². The molecule has 5 rings (SSSR count). The Morgan fingerprint density at radius 2 is 1.97 bits per heavy atom. The fraction of sp³-hybridized carbons (Fsp3) is 0.385. The molecule has 1 aromatic heterocycles. The molecule has 3 heterocycles. The molecule has 166 valence electrons. The average molecular weight is 429 g/mol. The van der Waals surface area contributed by atoms with Crippen molar-refractivity contribution in [1.82, 2.24) is 20.7 Å². The Bertz CT molecular complexity index is 1160. The van der Waals surface area contributed by atoms with Gasteiger partial charge in [0.25, 0.3) is 0 Å². The highest BCUT2D eigenvalue weighted by molar-refractivity contribution is 6.11. The van der Waals surface area contributed by atoms with Gasteiger partial charge in [0.1, 0.15) is 11.9 Å². The fourth-order valence-corrected chi connectivity index (χ4v) is 4.51. The SMILES string of the molecule is CC1=C(c2ccc3c(c2)C(c2nc4ccccc4[nH]2)NN3)C=NCC1CNCC(C)(C)C. The van der Waals surface area contributed by atoms with Crippen LogP contribution in [0.4, 0.5) is 5.69 Å². The van der Waals surface area contributed by atoms with Crippen LogP contribution in [0, 0.1) is 11.3 Å². The van der Waals surface area contributed by atoms with Gasteiger partial charge in [0.15, 0.2) is 0 Å². The minimum absolute atomic E-state index is 0.0250. The van der Waals surface area contributed by atoms with Gasteiger partial charge < -0.3 is 15.7 Å². The van der Waals surface area contributed by atoms with Crippen LogP contribution in [-0.4, -0.2) is 35.8 Å². The van der Waals surface area contributed by atoms with Crippen LogP contribution in [0.3, 0.4) is 0 Å². The van der Waals surface area contributed by atoms with Gasteiger partial charge in [-0.25, -0.2) is 10.4 Å². The summed E-state index contributed by atoms with van der Waals surface area (Å²) in [7, 11) is 0. The number of aliphatic imine (C=N–C) groups is 1. The Morgan fingerprint density at radius 3 is 2.78 bits per heavy atom. The molecule has 0 radical (unpaired) electrons. The Balaban J connectivity index is 1.42. The maximum Gasteiger partial charge on any atom is 0.130 e. The first kappa shape index (κ1) is 20.9. The maximum atomic E-state index is 4.81. The number of dihydropyridines is 1. The lowest BCUT2D eigenvalue weighted by molar-refractivity contribution is 0.368. The quantitative estimate of drug-likeness (QED) is 0.475. The number of fused-ring (bicyclic) bond motifs is 2. The number of H-pyrrole nitrogens is 1. The Kier molecular flexibility index (Phi) is 5.35. The number of imidazole rings is 1. The van der Waals surface area contributed by atoms with Crippen molar-refractivity contribution in [2.75, 3.05) is 25.1 Å². The minimum Gasteiger partial charge on any atom is -0.340 e. The first-order chi connectivity index (χ1) is 15.4. The number of nitrogens with one attached hydrogen (secondary N) is 4. The van der Waals surface area contributed by atoms with E-state index in [1.807, 2.05) is 24.4 Å². The molecule has 0 saturated heterocycles. The third kappa shape index (κ3) is 4.08. The Hall–Kier alpha value is -2.96. The summed E-state index contributed by atoms with van der Waals surface area (Å²) in [5.41, 5.74) is 15.2. The number of aromatic amines is 1. The summed E-state index contributed by atoms with van der Waals surface area (Å²) in [5, 5.41) is 3.64. The van der Waals surface area contributed by atoms with Crippen molar-refractivity contribution >= 4 is 28.5 Å². The lowest BCUT2D eigenvalue weighted by atomic mass is 9.88. The van der Waals surface area contributed by atoms with E-state index in [2.05, 4.69) is 73.1 Å². The average Bonchev–Trinajstić information content (AvgIpc) is 3.37. The van der Waals surface area contributed by atoms with E-state index >= 15 is 0 Å². The molecule has 2 aliphatic heterocycles. The summed E-state index contributed by atoms with van der Waals surface area (Å²) in [4.78, 5) is 13.0. The molecule has 0 fully saturated rings. The largest absolute Gasteiger partial charge is 0.340 e. The van der Waals surface area contributed by atoms with Gasteiger partial charge in [0.05, 0.1) is 16.7 Å². The number of hydrogen-bond donors (Lipinski definition) is 4. The van der Waals surface area contributed by atoms with Gasteiger partial charge in [-0.05, 0) is 47.7 Å². The number of hydrazine groups is 1. The molecule has 3 aromatic rings. The second kappa shape index (κ2) is 8.19. The smallest absolute Gasteiger partial charge is 0.130 e. The summed E-state index contributed by atoms with van der Waals surface area (Å²) in [6.45, 7) is 11.9. The highest BCUT2D eigenvalue weighted by Crippen LogP contribution is 2.36. The van der Waals surface area contributed by atoms with E-state index in [0.717, 1.165) is 42.2 Å². The number of hydrogen-bond acceptors (Lipinski definition) is 5. The van der Waals surface area contributed by atoms with Crippen LogP contribution in [-0.2, 0) is 0 Å². The summed E-state index contributed by atoms with van der Waals surface area (Å²) in [6.07, 6.45) is 2.04. The molecule has 0 saturated carbocycles. The highest BCUT2D eigenvalue weighted by atomic mass is 15.4. The van der Waals surface area contributed by atoms with Gasteiger partial charge in [0, 0.05) is 37.3 Å². The molecule has 6 heteroatoms. The second-order valence-corrected chi connectivity index (χ2v) is 10.1. The maximum absolute atomic E-state index is 4.81. The van der Waals surface area contributed by atoms with E-state index in [9.17, 15) is 0 Å². The van der Waals surface area contributed by atoms with E-state index in [4.69, 9.17) is 9.98 Å². The van der Waals surface area contributed by atoms with Crippen molar-refractivity contribution in [2.24, 2.45) is 16.3 Å². The van der Waals surface area contributed by atoms with Gasteiger partial charge in [-0.1, -0.05) is 44.5 Å². The zero-order chi connectivity index (χ0) is 22.3. The van der Waals surface area contributed by atoms with E-state index in [-0.39, 0.29) is 11.5 Å². The normalized spacial score (nSPS) is 20.6. The first-order valence-corrected chi connectivity index (χ1v) is 11.4. The first-order valence-electron chi connectivity index (χ1n) is 11.4. The molecule has 2 unspecified atom stereocenters. The Morgan fingerprint density at radius 1 is 1.12 bits per heavy atom. The van der Waals surface area contributed by atoms with Crippen molar-refractivity contribution in [3.05, 3.63) is 65.0 Å². The molecule has 2 aliphatic rings. The summed E-state index contributed by atoms with van der Waals surface area (Å²) < 4.78 is 0. The standard InChI is InChI=1S/C26H32N6/c1-16-18(13-28-15-26(2,3)4)12-27-14-20(16)17-9-10-21-19(11-17)24(32-31-21)25-29-22-7-5-6-8-23(22)30-25/h5-11,14,18,24,28,31-32H,12-13,15H2,1-4H3,(H,29,30). The van der Waals surface area contributed by atoms with Gasteiger partial charge in [-0.2, -0.15) is 0 Å². The predicted molar refractivity (Wildman–Crippen MR) is 133 cm³/mol. The molecule has 0 aliphatic carbocycles. The number of anilines is 1. The summed E-state index contributed by atoms with van der Waals surface area (Å²) in [5.74, 6) is 1.34. The van der Waals surface area contributed by atoms with Crippen LogP contribution >= 0.6 is 0 Å². The van der Waals surface area contributed by atoms with Crippen LogP contribution < -0.4 is 16.2 Å². The van der Waals surface area contributed by atoms with Crippen molar-refractivity contribution in [3.63, 3.8) is 0 Å². The van der Waals surface area contributed by atoms with Crippen LogP contribution in [0.15, 0.2) is 53.0 Å². The number of rotatable bonds is 5. The van der Waals surface area contributed by atoms with Crippen LogP contribution in [0.2, 0.25) is 0 Å².